The molecular formula is C31H44N4. The van der Waals surface area contributed by atoms with Crippen molar-refractivity contribution in [1.82, 2.24) is 10.6 Å². The van der Waals surface area contributed by atoms with Crippen molar-refractivity contribution in [2.75, 3.05) is 24.5 Å². The highest BCUT2D eigenvalue weighted by atomic mass is 15.1. The lowest BCUT2D eigenvalue weighted by atomic mass is 9.80. The first kappa shape index (κ1) is 25.5. The van der Waals surface area contributed by atoms with E-state index in [9.17, 15) is 5.41 Å². The molecule has 0 spiro atoms. The van der Waals surface area contributed by atoms with E-state index in [-0.39, 0.29) is 5.92 Å². The Morgan fingerprint density at radius 3 is 2.69 bits per heavy atom. The lowest BCUT2D eigenvalue weighted by molar-refractivity contribution is 0.388. The number of anilines is 1. The van der Waals surface area contributed by atoms with E-state index in [0.29, 0.717) is 6.04 Å². The SMILES string of the molecule is C=CN(CC1=C(C)C=CCC1C(=N)C1=C(NC2CCCCC2)CCNC1)c1ccc(CCC)cc1. The van der Waals surface area contributed by atoms with Crippen molar-refractivity contribution in [3.63, 3.8) is 0 Å². The second-order valence-electron chi connectivity index (χ2n) is 10.4. The van der Waals surface area contributed by atoms with Crippen LogP contribution in [-0.2, 0) is 6.42 Å². The van der Waals surface area contributed by atoms with E-state index in [4.69, 9.17) is 0 Å². The fourth-order valence-electron chi connectivity index (χ4n) is 5.82. The predicted octanol–water partition coefficient (Wildman–Crippen LogP) is 6.67. The van der Waals surface area contributed by atoms with Crippen LogP contribution in [-0.4, -0.2) is 31.4 Å². The first-order chi connectivity index (χ1) is 17.1. The molecule has 1 aliphatic heterocycles. The van der Waals surface area contributed by atoms with Crippen LogP contribution in [0.1, 0.15) is 70.8 Å². The minimum absolute atomic E-state index is 0.111. The number of aryl methyl sites for hydroxylation is 1. The number of nitrogens with one attached hydrogen (secondary N) is 3. The van der Waals surface area contributed by atoms with Gasteiger partial charge in [0.1, 0.15) is 0 Å². The number of nitrogens with zero attached hydrogens (tertiary/aromatic N) is 1. The number of allylic oxidation sites excluding steroid dienone is 3. The van der Waals surface area contributed by atoms with Crippen LogP contribution in [0.25, 0.3) is 0 Å². The summed E-state index contributed by atoms with van der Waals surface area (Å²) in [5.74, 6) is 0.111. The molecule has 1 unspecified atom stereocenters. The highest BCUT2D eigenvalue weighted by molar-refractivity contribution is 6.02. The topological polar surface area (TPSA) is 51.2 Å². The average molecular weight is 473 g/mol. The van der Waals surface area contributed by atoms with Gasteiger partial charge in [0.05, 0.1) is 0 Å². The van der Waals surface area contributed by atoms with Gasteiger partial charge in [0.15, 0.2) is 0 Å². The Labute approximate surface area is 212 Å². The Morgan fingerprint density at radius 1 is 1.20 bits per heavy atom. The van der Waals surface area contributed by atoms with E-state index in [1.165, 1.54) is 60.1 Å². The summed E-state index contributed by atoms with van der Waals surface area (Å²) in [5, 5.41) is 16.8. The van der Waals surface area contributed by atoms with Crippen LogP contribution in [0.3, 0.4) is 0 Å². The second kappa shape index (κ2) is 12.4. The van der Waals surface area contributed by atoms with Crippen LogP contribution in [0.15, 0.2) is 71.6 Å². The van der Waals surface area contributed by atoms with Gasteiger partial charge in [-0.25, -0.2) is 0 Å². The molecule has 4 heteroatoms. The van der Waals surface area contributed by atoms with Gasteiger partial charge in [-0.2, -0.15) is 0 Å². The van der Waals surface area contributed by atoms with Crippen molar-refractivity contribution in [3.05, 3.63) is 77.2 Å². The molecule has 1 saturated carbocycles. The van der Waals surface area contributed by atoms with Crippen molar-refractivity contribution in [2.24, 2.45) is 5.92 Å². The summed E-state index contributed by atoms with van der Waals surface area (Å²) in [4.78, 5) is 2.24. The Bertz CT molecular complexity index is 976. The normalized spacial score (nSPS) is 21.3. The van der Waals surface area contributed by atoms with Gasteiger partial charge in [0.2, 0.25) is 0 Å². The number of hydrogen-bond donors (Lipinski definition) is 3. The van der Waals surface area contributed by atoms with Crippen molar-refractivity contribution < 1.29 is 0 Å². The second-order valence-corrected chi connectivity index (χ2v) is 10.4. The summed E-state index contributed by atoms with van der Waals surface area (Å²) in [5.41, 5.74) is 8.47. The van der Waals surface area contributed by atoms with Gasteiger partial charge in [-0.3, -0.25) is 0 Å². The maximum absolute atomic E-state index is 9.38. The zero-order valence-corrected chi connectivity index (χ0v) is 21.8. The van der Waals surface area contributed by atoms with Gasteiger partial charge in [-0.1, -0.05) is 63.5 Å². The third-order valence-corrected chi connectivity index (χ3v) is 7.91. The van der Waals surface area contributed by atoms with Crippen LogP contribution in [0.4, 0.5) is 5.69 Å². The number of rotatable bonds is 10. The summed E-state index contributed by atoms with van der Waals surface area (Å²) in [6.45, 7) is 11.1. The van der Waals surface area contributed by atoms with E-state index >= 15 is 0 Å². The molecule has 0 amide bonds. The number of hydrogen-bond acceptors (Lipinski definition) is 4. The van der Waals surface area contributed by atoms with Crippen molar-refractivity contribution in [2.45, 2.75) is 77.7 Å². The van der Waals surface area contributed by atoms with Crippen molar-refractivity contribution in [3.8, 4) is 0 Å². The molecule has 1 heterocycles. The van der Waals surface area contributed by atoms with Gasteiger partial charge < -0.3 is 20.9 Å². The molecule has 35 heavy (non-hydrogen) atoms. The monoisotopic (exact) mass is 472 g/mol. The van der Waals surface area contributed by atoms with E-state index in [0.717, 1.165) is 56.7 Å². The Hall–Kier alpha value is -2.59. The molecular weight excluding hydrogens is 428 g/mol. The molecule has 1 aromatic carbocycles. The fourth-order valence-corrected chi connectivity index (χ4v) is 5.82. The average Bonchev–Trinajstić information content (AvgIpc) is 2.89. The molecule has 0 saturated heterocycles. The first-order valence-corrected chi connectivity index (χ1v) is 13.7. The molecule has 4 nitrogen and oxygen atoms in total. The minimum Gasteiger partial charge on any atom is -0.385 e. The highest BCUT2D eigenvalue weighted by Crippen LogP contribution is 2.32. The summed E-state index contributed by atoms with van der Waals surface area (Å²) in [6.07, 6.45) is 17.1. The van der Waals surface area contributed by atoms with Gasteiger partial charge in [-0.15, -0.1) is 0 Å². The Kier molecular flexibility index (Phi) is 9.03. The molecule has 2 aliphatic carbocycles. The molecule has 4 rings (SSSR count). The highest BCUT2D eigenvalue weighted by Gasteiger charge is 2.29. The summed E-state index contributed by atoms with van der Waals surface area (Å²) >= 11 is 0. The zero-order chi connectivity index (χ0) is 24.6. The summed E-state index contributed by atoms with van der Waals surface area (Å²) < 4.78 is 0. The maximum atomic E-state index is 9.38. The molecule has 1 aromatic rings. The molecule has 0 aromatic heterocycles. The Balaban J connectivity index is 1.55. The summed E-state index contributed by atoms with van der Waals surface area (Å²) in [7, 11) is 0. The molecule has 3 aliphatic rings. The van der Waals surface area contributed by atoms with Crippen LogP contribution in [0.2, 0.25) is 0 Å². The standard InChI is InChI=1S/C31H44N4/c1-4-10-24-15-17-26(18-16-24)35(5-2)22-29-23(3)11-9-14-27(29)31(32)28-21-33-20-19-30(28)34-25-12-7-6-8-13-25/h5,9,11,15-18,25,27,32-34H,2,4,6-8,10,12-14,19-22H2,1,3H3. The van der Waals surface area contributed by atoms with Gasteiger partial charge in [0.25, 0.3) is 0 Å². The van der Waals surface area contributed by atoms with E-state index in [1.807, 2.05) is 6.20 Å². The minimum atomic E-state index is 0.111. The van der Waals surface area contributed by atoms with Crippen molar-refractivity contribution in [1.29, 1.82) is 5.41 Å². The molecule has 3 N–H and O–H groups in total. The molecule has 0 bridgehead atoms. The van der Waals surface area contributed by atoms with Crippen molar-refractivity contribution >= 4 is 11.4 Å². The maximum Gasteiger partial charge on any atom is 0.0451 e. The van der Waals surface area contributed by atoms with Gasteiger partial charge in [-0.05, 0) is 67.6 Å². The first-order valence-electron chi connectivity index (χ1n) is 13.7. The van der Waals surface area contributed by atoms with E-state index in [2.05, 4.69) is 72.4 Å². The number of benzene rings is 1. The van der Waals surface area contributed by atoms with Crippen LogP contribution >= 0.6 is 0 Å². The van der Waals surface area contributed by atoms with Crippen LogP contribution in [0, 0.1) is 11.3 Å². The molecule has 0 radical (unpaired) electrons. The predicted molar refractivity (Wildman–Crippen MR) is 150 cm³/mol. The van der Waals surface area contributed by atoms with Crippen LogP contribution in [0.5, 0.6) is 0 Å². The largest absolute Gasteiger partial charge is 0.385 e. The van der Waals surface area contributed by atoms with Gasteiger partial charge >= 0.3 is 0 Å². The van der Waals surface area contributed by atoms with E-state index in [1.54, 1.807) is 0 Å². The quantitative estimate of drug-likeness (QED) is 0.333. The molecule has 188 valence electrons. The molecule has 1 fully saturated rings. The zero-order valence-electron chi connectivity index (χ0n) is 21.8. The molecule has 1 atom stereocenters. The lowest BCUT2D eigenvalue weighted by Gasteiger charge is -2.34. The third-order valence-electron chi connectivity index (χ3n) is 7.91. The van der Waals surface area contributed by atoms with Crippen LogP contribution < -0.4 is 15.5 Å². The van der Waals surface area contributed by atoms with Gasteiger partial charge in [0, 0.05) is 60.7 Å². The lowest BCUT2D eigenvalue weighted by Crippen LogP contribution is -2.40. The summed E-state index contributed by atoms with van der Waals surface area (Å²) in [6, 6.07) is 9.47. The van der Waals surface area contributed by atoms with E-state index < -0.39 is 0 Å². The fraction of sp³-hybridized carbons (Fsp3) is 0.516. The third kappa shape index (κ3) is 6.35. The Morgan fingerprint density at radius 2 is 1.97 bits per heavy atom. The smallest absolute Gasteiger partial charge is 0.0451 e.